The maximum absolute atomic E-state index is 11.5. The Balaban J connectivity index is 1.93. The van der Waals surface area contributed by atoms with E-state index in [1.54, 1.807) is 6.08 Å². The molecule has 70 valence electrons. The molecule has 0 amide bonds. The SMILES string of the molecule is C=CCOC(=O)C1=CCC2CCC12. The van der Waals surface area contributed by atoms with Crippen LogP contribution in [0.5, 0.6) is 0 Å². The standard InChI is InChI=1S/C11H14O2/c1-2-7-13-11(12)10-6-4-8-3-5-9(8)10/h2,6,8-9H,1,3-5,7H2. The second kappa shape index (κ2) is 3.36. The smallest absolute Gasteiger partial charge is 0.334 e. The molecular weight excluding hydrogens is 164 g/mol. The molecule has 2 unspecified atom stereocenters. The highest BCUT2D eigenvalue weighted by Crippen LogP contribution is 2.47. The van der Waals surface area contributed by atoms with Gasteiger partial charge >= 0.3 is 5.97 Å². The molecule has 2 aliphatic rings. The molecule has 0 saturated heterocycles. The van der Waals surface area contributed by atoms with Gasteiger partial charge in [-0.3, -0.25) is 0 Å². The lowest BCUT2D eigenvalue weighted by Crippen LogP contribution is -2.26. The van der Waals surface area contributed by atoms with Crippen LogP contribution < -0.4 is 0 Å². The van der Waals surface area contributed by atoms with Crippen molar-refractivity contribution in [3.63, 3.8) is 0 Å². The average Bonchev–Trinajstić information content (AvgIpc) is 2.37. The van der Waals surface area contributed by atoms with E-state index in [0.29, 0.717) is 12.5 Å². The van der Waals surface area contributed by atoms with Crippen LogP contribution in [0.1, 0.15) is 19.3 Å². The summed E-state index contributed by atoms with van der Waals surface area (Å²) >= 11 is 0. The van der Waals surface area contributed by atoms with Gasteiger partial charge in [0.05, 0.1) is 0 Å². The van der Waals surface area contributed by atoms with Crippen molar-refractivity contribution in [2.24, 2.45) is 11.8 Å². The van der Waals surface area contributed by atoms with Crippen molar-refractivity contribution < 1.29 is 9.53 Å². The van der Waals surface area contributed by atoms with E-state index in [1.807, 2.05) is 6.08 Å². The van der Waals surface area contributed by atoms with Gasteiger partial charge in [-0.05, 0) is 31.1 Å². The van der Waals surface area contributed by atoms with Crippen LogP contribution in [0.2, 0.25) is 0 Å². The van der Waals surface area contributed by atoms with Crippen molar-refractivity contribution in [1.29, 1.82) is 0 Å². The number of fused-ring (bicyclic) bond motifs is 1. The first-order valence-corrected chi connectivity index (χ1v) is 4.81. The Hall–Kier alpha value is -1.05. The van der Waals surface area contributed by atoms with Gasteiger partial charge < -0.3 is 4.74 Å². The molecule has 2 rings (SSSR count). The van der Waals surface area contributed by atoms with E-state index in [1.165, 1.54) is 12.8 Å². The number of ether oxygens (including phenoxy) is 1. The van der Waals surface area contributed by atoms with Gasteiger partial charge in [0.1, 0.15) is 6.61 Å². The van der Waals surface area contributed by atoms with E-state index in [0.717, 1.165) is 17.9 Å². The van der Waals surface area contributed by atoms with Crippen LogP contribution in [0.15, 0.2) is 24.3 Å². The Labute approximate surface area is 78.3 Å². The quantitative estimate of drug-likeness (QED) is 0.488. The summed E-state index contributed by atoms with van der Waals surface area (Å²) in [5, 5.41) is 0. The minimum absolute atomic E-state index is 0.132. The number of rotatable bonds is 3. The monoisotopic (exact) mass is 178 g/mol. The Bertz CT molecular complexity index is 265. The highest BCUT2D eigenvalue weighted by molar-refractivity contribution is 5.90. The van der Waals surface area contributed by atoms with Crippen LogP contribution in [0.4, 0.5) is 0 Å². The Morgan fingerprint density at radius 3 is 3.08 bits per heavy atom. The second-order valence-electron chi connectivity index (χ2n) is 3.73. The van der Waals surface area contributed by atoms with Gasteiger partial charge in [-0.25, -0.2) is 4.79 Å². The molecule has 0 spiro atoms. The molecule has 13 heavy (non-hydrogen) atoms. The van der Waals surface area contributed by atoms with Crippen molar-refractivity contribution >= 4 is 5.97 Å². The van der Waals surface area contributed by atoms with Gasteiger partial charge in [-0.2, -0.15) is 0 Å². The van der Waals surface area contributed by atoms with Crippen molar-refractivity contribution in [2.45, 2.75) is 19.3 Å². The highest BCUT2D eigenvalue weighted by atomic mass is 16.5. The molecule has 1 saturated carbocycles. The largest absolute Gasteiger partial charge is 0.458 e. The number of carbonyl (C=O) groups is 1. The third-order valence-corrected chi connectivity index (χ3v) is 3.03. The van der Waals surface area contributed by atoms with Crippen LogP contribution in [0, 0.1) is 11.8 Å². The first-order valence-electron chi connectivity index (χ1n) is 4.81. The Morgan fingerprint density at radius 1 is 1.69 bits per heavy atom. The van der Waals surface area contributed by atoms with Gasteiger partial charge in [-0.1, -0.05) is 18.7 Å². The molecule has 0 aromatic heterocycles. The van der Waals surface area contributed by atoms with Crippen LogP contribution in [-0.4, -0.2) is 12.6 Å². The summed E-state index contributed by atoms with van der Waals surface area (Å²) in [7, 11) is 0. The third kappa shape index (κ3) is 1.41. The number of allylic oxidation sites excluding steroid dienone is 1. The summed E-state index contributed by atoms with van der Waals surface area (Å²) in [6, 6.07) is 0. The lowest BCUT2D eigenvalue weighted by Gasteiger charge is -2.31. The topological polar surface area (TPSA) is 26.3 Å². The summed E-state index contributed by atoms with van der Waals surface area (Å²) in [5.74, 6) is 1.12. The molecule has 0 N–H and O–H groups in total. The zero-order chi connectivity index (χ0) is 9.26. The zero-order valence-electron chi connectivity index (χ0n) is 7.66. The maximum atomic E-state index is 11.5. The van der Waals surface area contributed by atoms with E-state index < -0.39 is 0 Å². The number of hydrogen-bond donors (Lipinski definition) is 0. The molecule has 2 heteroatoms. The van der Waals surface area contributed by atoms with Crippen molar-refractivity contribution in [3.05, 3.63) is 24.3 Å². The minimum atomic E-state index is -0.132. The van der Waals surface area contributed by atoms with E-state index in [9.17, 15) is 4.79 Å². The fourth-order valence-corrected chi connectivity index (χ4v) is 2.14. The fraction of sp³-hybridized carbons (Fsp3) is 0.545. The van der Waals surface area contributed by atoms with E-state index in [4.69, 9.17) is 4.74 Å². The summed E-state index contributed by atoms with van der Waals surface area (Å²) in [6.07, 6.45) is 7.17. The first kappa shape index (κ1) is 8.54. The predicted molar refractivity (Wildman–Crippen MR) is 50.1 cm³/mol. The molecule has 0 aromatic rings. The molecule has 0 bridgehead atoms. The van der Waals surface area contributed by atoms with Crippen molar-refractivity contribution in [3.8, 4) is 0 Å². The number of carbonyl (C=O) groups excluding carboxylic acids is 1. The molecule has 0 radical (unpaired) electrons. The van der Waals surface area contributed by atoms with Gasteiger partial charge in [0.25, 0.3) is 0 Å². The fourth-order valence-electron chi connectivity index (χ4n) is 2.14. The molecule has 2 aliphatic carbocycles. The summed E-state index contributed by atoms with van der Waals surface area (Å²) in [5.41, 5.74) is 0.915. The summed E-state index contributed by atoms with van der Waals surface area (Å²) < 4.78 is 5.00. The summed E-state index contributed by atoms with van der Waals surface area (Å²) in [6.45, 7) is 3.84. The van der Waals surface area contributed by atoms with Crippen LogP contribution >= 0.6 is 0 Å². The third-order valence-electron chi connectivity index (χ3n) is 3.03. The highest BCUT2D eigenvalue weighted by Gasteiger charge is 2.40. The Morgan fingerprint density at radius 2 is 2.54 bits per heavy atom. The average molecular weight is 178 g/mol. The number of esters is 1. The maximum Gasteiger partial charge on any atom is 0.334 e. The van der Waals surface area contributed by atoms with E-state index in [2.05, 4.69) is 6.58 Å². The van der Waals surface area contributed by atoms with Gasteiger partial charge in [0.15, 0.2) is 0 Å². The van der Waals surface area contributed by atoms with Gasteiger partial charge in [-0.15, -0.1) is 0 Å². The van der Waals surface area contributed by atoms with Crippen molar-refractivity contribution in [2.75, 3.05) is 6.61 Å². The Kier molecular flexibility index (Phi) is 2.21. The lowest BCUT2D eigenvalue weighted by molar-refractivity contribution is -0.138. The lowest BCUT2D eigenvalue weighted by atomic mass is 9.73. The summed E-state index contributed by atoms with van der Waals surface area (Å²) in [4.78, 5) is 11.5. The molecule has 2 atom stereocenters. The normalized spacial score (nSPS) is 30.0. The van der Waals surface area contributed by atoms with Crippen LogP contribution in [-0.2, 0) is 9.53 Å². The van der Waals surface area contributed by atoms with E-state index in [-0.39, 0.29) is 5.97 Å². The van der Waals surface area contributed by atoms with E-state index >= 15 is 0 Å². The molecule has 0 aliphatic heterocycles. The molecule has 1 fully saturated rings. The predicted octanol–water partition coefficient (Wildman–Crippen LogP) is 2.07. The van der Waals surface area contributed by atoms with Gasteiger partial charge in [0.2, 0.25) is 0 Å². The minimum Gasteiger partial charge on any atom is -0.458 e. The van der Waals surface area contributed by atoms with Gasteiger partial charge in [0, 0.05) is 5.57 Å². The molecular formula is C11H14O2. The molecule has 0 aromatic carbocycles. The second-order valence-corrected chi connectivity index (χ2v) is 3.73. The molecule has 0 heterocycles. The zero-order valence-corrected chi connectivity index (χ0v) is 7.66. The van der Waals surface area contributed by atoms with Crippen LogP contribution in [0.3, 0.4) is 0 Å². The molecule has 2 nitrogen and oxygen atoms in total. The van der Waals surface area contributed by atoms with Crippen LogP contribution in [0.25, 0.3) is 0 Å². The first-order chi connectivity index (χ1) is 6.33. The number of hydrogen-bond acceptors (Lipinski definition) is 2. The van der Waals surface area contributed by atoms with Crippen molar-refractivity contribution in [1.82, 2.24) is 0 Å².